The number of hydrogen-bond acceptors (Lipinski definition) is 12. The van der Waals surface area contributed by atoms with Gasteiger partial charge in [-0.2, -0.15) is 0 Å². The molecular weight excluding hydrogens is 803 g/mol. The second-order valence-electron chi connectivity index (χ2n) is 17.0. The van der Waals surface area contributed by atoms with Gasteiger partial charge in [-0.25, -0.2) is 4.57 Å². The van der Waals surface area contributed by atoms with Crippen molar-refractivity contribution in [2.45, 2.75) is 249 Å². The van der Waals surface area contributed by atoms with Crippen molar-refractivity contribution in [2.75, 3.05) is 13.2 Å². The maximum Gasteiger partial charge on any atom is 0.472 e. The number of aliphatic hydroxyl groups is 5. The highest BCUT2D eigenvalue weighted by molar-refractivity contribution is 7.47. The standard InChI is InChI=1S/C47H87O13P/c1-3-5-7-9-11-13-15-17-19-20-22-24-26-28-30-32-34-36-41(49)59-39(38-58-61(55,56)60-47-45(53)43(51)42(50)44(52)46(47)54)37-57-40(48)35-33-31-29-27-25-23-21-18-16-14-12-10-8-6-4-2/h4,13,15,39,42-47,50-54H,2-3,5-12,14,16-38H2,1H3,(H,55,56)/b15-13+/t39-,42?,43+,44?,45?,46?,47?/m1/s1. The van der Waals surface area contributed by atoms with Crippen molar-refractivity contribution in [3.8, 4) is 0 Å². The van der Waals surface area contributed by atoms with Crippen molar-refractivity contribution in [1.82, 2.24) is 0 Å². The van der Waals surface area contributed by atoms with Gasteiger partial charge in [-0.15, -0.1) is 6.58 Å². The van der Waals surface area contributed by atoms with E-state index >= 15 is 0 Å². The van der Waals surface area contributed by atoms with Gasteiger partial charge in [0.25, 0.3) is 0 Å². The smallest absolute Gasteiger partial charge is 0.462 e. The highest BCUT2D eigenvalue weighted by Gasteiger charge is 2.51. The zero-order chi connectivity index (χ0) is 45.0. The Balaban J connectivity index is 2.42. The lowest BCUT2D eigenvalue weighted by atomic mass is 9.85. The van der Waals surface area contributed by atoms with E-state index in [1.54, 1.807) is 0 Å². The quantitative estimate of drug-likeness (QED) is 0.0146. The van der Waals surface area contributed by atoms with Gasteiger partial charge in [0.2, 0.25) is 0 Å². The van der Waals surface area contributed by atoms with Crippen LogP contribution in [0.1, 0.15) is 206 Å². The summed E-state index contributed by atoms with van der Waals surface area (Å²) in [6.45, 7) is 4.83. The predicted octanol–water partition coefficient (Wildman–Crippen LogP) is 9.62. The van der Waals surface area contributed by atoms with Crippen LogP contribution in [0.15, 0.2) is 24.8 Å². The lowest BCUT2D eigenvalue weighted by Gasteiger charge is -2.41. The highest BCUT2D eigenvalue weighted by Crippen LogP contribution is 2.47. The third-order valence-corrected chi connectivity index (χ3v) is 12.4. The molecule has 0 heterocycles. The number of esters is 2. The first kappa shape index (κ1) is 57.3. The van der Waals surface area contributed by atoms with Crippen molar-refractivity contribution in [1.29, 1.82) is 0 Å². The number of phosphoric ester groups is 1. The van der Waals surface area contributed by atoms with Gasteiger partial charge in [0.1, 0.15) is 43.2 Å². The van der Waals surface area contributed by atoms with Crippen molar-refractivity contribution in [2.24, 2.45) is 0 Å². The minimum Gasteiger partial charge on any atom is -0.462 e. The Labute approximate surface area is 368 Å². The van der Waals surface area contributed by atoms with E-state index in [-0.39, 0.29) is 12.8 Å². The molecule has 8 atom stereocenters. The van der Waals surface area contributed by atoms with E-state index < -0.39 is 75.7 Å². The second-order valence-corrected chi connectivity index (χ2v) is 18.5. The molecule has 0 bridgehead atoms. The van der Waals surface area contributed by atoms with Gasteiger partial charge in [0.15, 0.2) is 6.10 Å². The molecule has 1 saturated carbocycles. The molecule has 1 aliphatic carbocycles. The number of carbonyl (C=O) groups excluding carboxylic acids is 2. The van der Waals surface area contributed by atoms with Crippen LogP contribution in [0.3, 0.4) is 0 Å². The maximum atomic E-state index is 12.8. The molecule has 1 fully saturated rings. The van der Waals surface area contributed by atoms with Gasteiger partial charge >= 0.3 is 19.8 Å². The molecule has 0 aromatic heterocycles. The number of unbranched alkanes of at least 4 members (excludes halogenated alkanes) is 26. The number of rotatable bonds is 41. The monoisotopic (exact) mass is 891 g/mol. The summed E-state index contributed by atoms with van der Waals surface area (Å²) in [5.74, 6) is -1.10. The summed E-state index contributed by atoms with van der Waals surface area (Å²) in [5.41, 5.74) is 0. The molecule has 1 aliphatic rings. The molecule has 358 valence electrons. The Morgan fingerprint density at radius 2 is 0.918 bits per heavy atom. The molecule has 0 aromatic rings. The Bertz CT molecular complexity index is 1150. The first-order valence-electron chi connectivity index (χ1n) is 24.1. The van der Waals surface area contributed by atoms with E-state index in [1.807, 2.05) is 6.08 Å². The van der Waals surface area contributed by atoms with E-state index in [4.69, 9.17) is 18.5 Å². The topological polar surface area (TPSA) is 210 Å². The highest BCUT2D eigenvalue weighted by atomic mass is 31.2. The first-order chi connectivity index (χ1) is 29.4. The van der Waals surface area contributed by atoms with Crippen LogP contribution in [0.4, 0.5) is 0 Å². The van der Waals surface area contributed by atoms with Crippen molar-refractivity contribution in [3.63, 3.8) is 0 Å². The summed E-state index contributed by atoms with van der Waals surface area (Å²) >= 11 is 0. The van der Waals surface area contributed by atoms with Gasteiger partial charge in [0.05, 0.1) is 6.61 Å². The zero-order valence-corrected chi connectivity index (χ0v) is 38.7. The molecule has 0 spiro atoms. The van der Waals surface area contributed by atoms with Gasteiger partial charge < -0.3 is 39.9 Å². The van der Waals surface area contributed by atoms with Crippen LogP contribution < -0.4 is 0 Å². The van der Waals surface area contributed by atoms with Crippen LogP contribution in [-0.4, -0.2) is 98.3 Å². The number of phosphoric acid groups is 1. The van der Waals surface area contributed by atoms with E-state index in [1.165, 1.54) is 116 Å². The Kier molecular flexibility index (Phi) is 35.4. The summed E-state index contributed by atoms with van der Waals surface area (Å²) in [7, 11) is -5.12. The molecule has 1 rings (SSSR count). The van der Waals surface area contributed by atoms with Gasteiger partial charge in [-0.1, -0.05) is 160 Å². The van der Waals surface area contributed by atoms with Crippen LogP contribution >= 0.6 is 7.82 Å². The molecule has 6 unspecified atom stereocenters. The molecule has 0 radical (unpaired) electrons. The summed E-state index contributed by atoms with van der Waals surface area (Å²) in [4.78, 5) is 35.7. The SMILES string of the molecule is C=CCCCCCCCCCCCCCCCC(=O)OC[C@H](COP(=O)(O)OC1C(O)C(O)C(O)[C@H](O)C1O)OC(=O)CCCCCCCCCCC/C=C/CCCCCC. The van der Waals surface area contributed by atoms with E-state index in [9.17, 15) is 44.6 Å². The number of ether oxygens (including phenoxy) is 2. The molecule has 61 heavy (non-hydrogen) atoms. The Morgan fingerprint density at radius 3 is 1.36 bits per heavy atom. The molecule has 14 heteroatoms. The second kappa shape index (κ2) is 37.7. The van der Waals surface area contributed by atoms with Crippen LogP contribution in [-0.2, 0) is 32.7 Å². The van der Waals surface area contributed by atoms with E-state index in [2.05, 4.69) is 25.7 Å². The number of allylic oxidation sites excluding steroid dienone is 3. The van der Waals surface area contributed by atoms with Crippen LogP contribution in [0.25, 0.3) is 0 Å². The molecule has 0 aromatic carbocycles. The van der Waals surface area contributed by atoms with Crippen molar-refractivity contribution < 1.29 is 63.1 Å². The number of carbonyl (C=O) groups is 2. The largest absolute Gasteiger partial charge is 0.472 e. The minimum absolute atomic E-state index is 0.0961. The predicted molar refractivity (Wildman–Crippen MR) is 240 cm³/mol. The normalized spacial score (nSPS) is 22.0. The molecule has 13 nitrogen and oxygen atoms in total. The molecule has 0 amide bonds. The van der Waals surface area contributed by atoms with Crippen LogP contribution in [0.2, 0.25) is 0 Å². The fraction of sp³-hybridized carbons (Fsp3) is 0.872. The first-order valence-corrected chi connectivity index (χ1v) is 25.6. The molecule has 0 saturated heterocycles. The average molecular weight is 891 g/mol. The Hall–Kier alpha value is -1.67. The Morgan fingerprint density at radius 1 is 0.541 bits per heavy atom. The molecule has 6 N–H and O–H groups in total. The number of hydrogen-bond donors (Lipinski definition) is 6. The minimum atomic E-state index is -5.12. The fourth-order valence-electron chi connectivity index (χ4n) is 7.50. The van der Waals surface area contributed by atoms with Crippen LogP contribution in [0.5, 0.6) is 0 Å². The lowest BCUT2D eigenvalue weighted by molar-refractivity contribution is -0.220. The summed E-state index contributed by atoms with van der Waals surface area (Å²) < 4.78 is 33.6. The average Bonchev–Trinajstić information content (AvgIpc) is 3.24. The van der Waals surface area contributed by atoms with Gasteiger partial charge in [-0.05, 0) is 51.4 Å². The van der Waals surface area contributed by atoms with Crippen molar-refractivity contribution in [3.05, 3.63) is 24.8 Å². The molecule has 0 aliphatic heterocycles. The third kappa shape index (κ3) is 30.2. The number of aliphatic hydroxyl groups excluding tert-OH is 5. The van der Waals surface area contributed by atoms with E-state index in [0.29, 0.717) is 12.8 Å². The van der Waals surface area contributed by atoms with Crippen LogP contribution in [0, 0.1) is 0 Å². The van der Waals surface area contributed by atoms with Gasteiger partial charge in [-0.3, -0.25) is 18.6 Å². The molecular formula is C47H87O13P. The van der Waals surface area contributed by atoms with Gasteiger partial charge in [0, 0.05) is 12.8 Å². The maximum absolute atomic E-state index is 12.8. The summed E-state index contributed by atoms with van der Waals surface area (Å²) in [6.07, 6.45) is 26.9. The zero-order valence-electron chi connectivity index (χ0n) is 37.8. The lowest BCUT2D eigenvalue weighted by Crippen LogP contribution is -2.64. The summed E-state index contributed by atoms with van der Waals surface area (Å²) in [6, 6.07) is 0. The third-order valence-electron chi connectivity index (χ3n) is 11.4. The fourth-order valence-corrected chi connectivity index (χ4v) is 8.47. The van der Waals surface area contributed by atoms with Crippen molar-refractivity contribution >= 4 is 19.8 Å². The van der Waals surface area contributed by atoms with E-state index in [0.717, 1.165) is 57.8 Å². The summed E-state index contributed by atoms with van der Waals surface area (Å²) in [5, 5.41) is 50.2.